The molecule has 1 aliphatic rings. The minimum atomic E-state index is -1.60. The van der Waals surface area contributed by atoms with Gasteiger partial charge in [-0.3, -0.25) is 4.90 Å². The van der Waals surface area contributed by atoms with Crippen molar-refractivity contribution in [2.45, 2.75) is 32.9 Å². The number of quaternary nitrogens is 1. The maximum Gasteiger partial charge on any atom is 0.523 e. The molecule has 0 bridgehead atoms. The van der Waals surface area contributed by atoms with Crippen LogP contribution in [0.3, 0.4) is 0 Å². The zero-order valence-corrected chi connectivity index (χ0v) is 14.3. The average Bonchev–Trinajstić information content (AvgIpc) is 2.72. The molecule has 7 nitrogen and oxygen atoms in total. The molecule has 1 fully saturated rings. The van der Waals surface area contributed by atoms with E-state index in [4.69, 9.17) is 0 Å². The molecule has 0 spiro atoms. The van der Waals surface area contributed by atoms with Gasteiger partial charge in [0, 0.05) is 18.0 Å². The Bertz CT molecular complexity index is 682. The van der Waals surface area contributed by atoms with Crippen molar-refractivity contribution in [2.75, 3.05) is 13.6 Å². The third-order valence-corrected chi connectivity index (χ3v) is 4.98. The van der Waals surface area contributed by atoms with Crippen molar-refractivity contribution >= 4 is 18.1 Å². The van der Waals surface area contributed by atoms with Gasteiger partial charge in [0.2, 0.25) is 0 Å². The molecule has 7 heteroatoms. The highest BCUT2D eigenvalue weighted by Gasteiger charge is 2.71. The summed E-state index contributed by atoms with van der Waals surface area (Å²) >= 11 is 0. The largest absolute Gasteiger partial charge is 0.523 e. The number of carboxylic acids is 1. The maximum absolute atomic E-state index is 12.9. The number of benzene rings is 1. The Morgan fingerprint density at radius 3 is 2.12 bits per heavy atom. The third-order valence-electron chi connectivity index (χ3n) is 4.98. The number of carbonyl (C=O) groups is 3. The Morgan fingerprint density at radius 2 is 1.75 bits per heavy atom. The molecule has 1 aliphatic heterocycles. The van der Waals surface area contributed by atoms with Crippen LogP contribution in [0.25, 0.3) is 0 Å². The fraction of sp³-hybridized carbons (Fsp3) is 0.471. The summed E-state index contributed by atoms with van der Waals surface area (Å²) in [5, 5.41) is 19.7. The number of nitrogens with zero attached hydrogens (tertiary/aromatic N) is 2. The van der Waals surface area contributed by atoms with E-state index in [1.54, 1.807) is 51.1 Å². The van der Waals surface area contributed by atoms with Crippen LogP contribution in [-0.2, 0) is 11.3 Å². The van der Waals surface area contributed by atoms with Crippen molar-refractivity contribution in [3.63, 3.8) is 0 Å². The third kappa shape index (κ3) is 2.36. The lowest BCUT2D eigenvalue weighted by atomic mass is 9.73. The molecule has 0 aromatic heterocycles. The number of amides is 3. The van der Waals surface area contributed by atoms with Gasteiger partial charge in [0.15, 0.2) is 5.54 Å². The summed E-state index contributed by atoms with van der Waals surface area (Å²) in [6.45, 7) is 4.69. The van der Waals surface area contributed by atoms with Crippen molar-refractivity contribution in [2.24, 2.45) is 5.41 Å². The lowest BCUT2D eigenvalue weighted by molar-refractivity contribution is -0.784. The van der Waals surface area contributed by atoms with E-state index >= 15 is 0 Å². The number of hydrogen-bond donors (Lipinski definition) is 2. The summed E-state index contributed by atoms with van der Waals surface area (Å²) in [6.07, 6.45) is -1.34. The summed E-state index contributed by atoms with van der Waals surface area (Å²) in [5.41, 5.74) is -1.77. The summed E-state index contributed by atoms with van der Waals surface area (Å²) in [6, 6.07) is 8.05. The standard InChI is InChI=1S/C17H22N2O5/c1-16(2,3)17(13(20)21)11-19(15(23)24,14(22)18(17)4)10-12-8-6-5-7-9-12/h5-9H,10-11H2,1-4H3,(H-,20,21,23,24)/p+1. The van der Waals surface area contributed by atoms with Crippen molar-refractivity contribution in [3.8, 4) is 0 Å². The van der Waals surface area contributed by atoms with E-state index in [0.29, 0.717) is 5.56 Å². The van der Waals surface area contributed by atoms with Gasteiger partial charge >= 0.3 is 18.1 Å². The van der Waals surface area contributed by atoms with Crippen LogP contribution in [0.4, 0.5) is 9.59 Å². The van der Waals surface area contributed by atoms with Gasteiger partial charge < -0.3 is 10.2 Å². The van der Waals surface area contributed by atoms with E-state index in [2.05, 4.69) is 0 Å². The number of carbonyl (C=O) groups excluding carboxylic acids is 1. The van der Waals surface area contributed by atoms with Crippen LogP contribution < -0.4 is 0 Å². The first kappa shape index (κ1) is 17.9. The Hall–Kier alpha value is -2.41. The monoisotopic (exact) mass is 335 g/mol. The molecule has 1 aromatic carbocycles. The van der Waals surface area contributed by atoms with Gasteiger partial charge in [0.05, 0.1) is 0 Å². The molecule has 0 radical (unpaired) electrons. The van der Waals surface area contributed by atoms with Crippen molar-refractivity contribution < 1.29 is 29.1 Å². The van der Waals surface area contributed by atoms with Crippen LogP contribution in [0.1, 0.15) is 26.3 Å². The molecule has 130 valence electrons. The first-order valence-corrected chi connectivity index (χ1v) is 7.65. The Kier molecular flexibility index (Phi) is 4.18. The SMILES string of the molecule is CN1C(=O)[N+](Cc2ccccc2)(C(=O)O)CC1(C(=O)O)C(C)(C)C. The van der Waals surface area contributed by atoms with Gasteiger partial charge in [-0.15, -0.1) is 4.48 Å². The van der Waals surface area contributed by atoms with Crippen LogP contribution in [0, 0.1) is 5.41 Å². The fourth-order valence-corrected chi connectivity index (χ4v) is 3.52. The van der Waals surface area contributed by atoms with Crippen LogP contribution in [0.5, 0.6) is 0 Å². The second-order valence-corrected chi connectivity index (χ2v) is 7.31. The summed E-state index contributed by atoms with van der Waals surface area (Å²) in [7, 11) is 1.37. The summed E-state index contributed by atoms with van der Waals surface area (Å²) in [5.74, 6) is -1.19. The maximum atomic E-state index is 12.9. The molecule has 0 saturated carbocycles. The number of imide groups is 1. The second kappa shape index (κ2) is 5.59. The smallest absolute Gasteiger partial charge is 0.479 e. The number of hydrogen-bond acceptors (Lipinski definition) is 3. The summed E-state index contributed by atoms with van der Waals surface area (Å²) in [4.78, 5) is 38.1. The van der Waals surface area contributed by atoms with E-state index in [1.165, 1.54) is 7.05 Å². The molecule has 24 heavy (non-hydrogen) atoms. The molecule has 2 N–H and O–H groups in total. The number of likely N-dealkylation sites (N-methyl/N-ethyl adjacent to an activating group) is 1. The molecule has 1 heterocycles. The molecular weight excluding hydrogens is 312 g/mol. The van der Waals surface area contributed by atoms with E-state index in [1.807, 2.05) is 0 Å². The van der Waals surface area contributed by atoms with Gasteiger partial charge in [0.25, 0.3) is 0 Å². The highest BCUT2D eigenvalue weighted by atomic mass is 16.4. The quantitative estimate of drug-likeness (QED) is 0.828. The molecule has 1 aromatic rings. The van der Waals surface area contributed by atoms with Crippen LogP contribution in [-0.4, -0.2) is 56.8 Å². The number of carboxylic acid groups (broad SMARTS) is 2. The van der Waals surface area contributed by atoms with Gasteiger partial charge in [-0.05, 0) is 0 Å². The predicted molar refractivity (Wildman–Crippen MR) is 86.3 cm³/mol. The zero-order valence-electron chi connectivity index (χ0n) is 14.3. The van der Waals surface area contributed by atoms with Crippen molar-refractivity contribution in [1.29, 1.82) is 0 Å². The molecule has 2 unspecified atom stereocenters. The second-order valence-electron chi connectivity index (χ2n) is 7.31. The number of urea groups is 1. The molecular formula is C17H23N2O5+. The minimum Gasteiger partial charge on any atom is -0.479 e. The zero-order chi connectivity index (χ0) is 18.3. The normalized spacial score (nSPS) is 27.3. The van der Waals surface area contributed by atoms with Crippen LogP contribution in [0.15, 0.2) is 30.3 Å². The molecule has 3 amide bonds. The van der Waals surface area contributed by atoms with Gasteiger partial charge in [0.1, 0.15) is 13.1 Å². The molecule has 2 atom stereocenters. The topological polar surface area (TPSA) is 94.9 Å². The summed E-state index contributed by atoms with van der Waals surface area (Å²) < 4.78 is -0.954. The van der Waals surface area contributed by atoms with E-state index in [-0.39, 0.29) is 13.1 Å². The minimum absolute atomic E-state index is 0.0928. The van der Waals surface area contributed by atoms with Crippen molar-refractivity contribution in [1.82, 2.24) is 4.90 Å². The first-order valence-electron chi connectivity index (χ1n) is 7.65. The Morgan fingerprint density at radius 1 is 1.21 bits per heavy atom. The van der Waals surface area contributed by atoms with E-state index < -0.39 is 33.5 Å². The lowest BCUT2D eigenvalue weighted by Crippen LogP contribution is -2.61. The Balaban J connectivity index is 2.61. The molecule has 2 rings (SSSR count). The van der Waals surface area contributed by atoms with Gasteiger partial charge in [-0.1, -0.05) is 51.1 Å². The van der Waals surface area contributed by atoms with Crippen LogP contribution in [0.2, 0.25) is 0 Å². The highest BCUT2D eigenvalue weighted by molar-refractivity contribution is 5.91. The van der Waals surface area contributed by atoms with Crippen molar-refractivity contribution in [3.05, 3.63) is 35.9 Å². The predicted octanol–water partition coefficient (Wildman–Crippen LogP) is 2.62. The molecule has 1 saturated heterocycles. The van der Waals surface area contributed by atoms with E-state index in [0.717, 1.165) is 4.90 Å². The van der Waals surface area contributed by atoms with Gasteiger partial charge in [-0.25, -0.2) is 9.59 Å². The van der Waals surface area contributed by atoms with Gasteiger partial charge in [-0.2, -0.15) is 4.79 Å². The number of aliphatic carboxylic acids is 1. The van der Waals surface area contributed by atoms with E-state index in [9.17, 15) is 24.6 Å². The number of rotatable bonds is 3. The fourth-order valence-electron chi connectivity index (χ4n) is 3.52. The Labute approximate surface area is 140 Å². The van der Waals surface area contributed by atoms with Crippen LogP contribution >= 0.6 is 0 Å². The average molecular weight is 335 g/mol. The highest BCUT2D eigenvalue weighted by Crippen LogP contribution is 2.44. The lowest BCUT2D eigenvalue weighted by Gasteiger charge is -2.39. The molecule has 0 aliphatic carbocycles. The first-order chi connectivity index (χ1) is 11.0.